The predicted octanol–water partition coefficient (Wildman–Crippen LogP) is 1.68. The number of rotatable bonds is 3. The van der Waals surface area contributed by atoms with E-state index in [0.29, 0.717) is 17.0 Å². The normalized spacial score (nSPS) is 10.2. The van der Waals surface area contributed by atoms with Crippen molar-refractivity contribution in [3.05, 3.63) is 35.4 Å². The van der Waals surface area contributed by atoms with E-state index in [4.69, 9.17) is 4.74 Å². The van der Waals surface area contributed by atoms with Crippen molar-refractivity contribution in [3.8, 4) is 5.75 Å². The fourth-order valence-electron chi connectivity index (χ4n) is 1.65. The molecule has 0 aromatic carbocycles. The first-order chi connectivity index (χ1) is 8.63. The Bertz CT molecular complexity index is 558. The van der Waals surface area contributed by atoms with E-state index in [-0.39, 0.29) is 5.91 Å². The van der Waals surface area contributed by atoms with E-state index in [2.05, 4.69) is 20.5 Å². The van der Waals surface area contributed by atoms with Crippen molar-refractivity contribution >= 4 is 11.6 Å². The molecule has 1 amide bonds. The van der Waals surface area contributed by atoms with E-state index < -0.39 is 0 Å². The molecule has 18 heavy (non-hydrogen) atoms. The van der Waals surface area contributed by atoms with Gasteiger partial charge in [0.2, 0.25) is 0 Å². The Morgan fingerprint density at radius 3 is 2.83 bits per heavy atom. The Kier molecular flexibility index (Phi) is 3.27. The van der Waals surface area contributed by atoms with E-state index >= 15 is 0 Å². The van der Waals surface area contributed by atoms with Crippen LogP contribution in [0.3, 0.4) is 0 Å². The van der Waals surface area contributed by atoms with Crippen LogP contribution in [0.15, 0.2) is 18.5 Å². The Hall–Kier alpha value is -2.37. The van der Waals surface area contributed by atoms with Gasteiger partial charge in [0.25, 0.3) is 5.91 Å². The maximum absolute atomic E-state index is 12.1. The van der Waals surface area contributed by atoms with E-state index in [1.54, 1.807) is 12.3 Å². The molecule has 0 aliphatic rings. The van der Waals surface area contributed by atoms with Gasteiger partial charge in [-0.15, -0.1) is 0 Å². The maximum Gasteiger partial charge on any atom is 0.259 e. The molecule has 0 aliphatic heterocycles. The van der Waals surface area contributed by atoms with Gasteiger partial charge >= 0.3 is 0 Å². The first-order valence-corrected chi connectivity index (χ1v) is 5.44. The first kappa shape index (κ1) is 12.1. The molecule has 0 atom stereocenters. The molecule has 0 bridgehead atoms. The van der Waals surface area contributed by atoms with Crippen LogP contribution < -0.4 is 10.1 Å². The molecule has 2 rings (SSSR count). The molecule has 0 saturated heterocycles. The van der Waals surface area contributed by atoms with E-state index in [1.807, 2.05) is 13.8 Å². The summed E-state index contributed by atoms with van der Waals surface area (Å²) in [6.07, 6.45) is 3.05. The van der Waals surface area contributed by atoms with Crippen LogP contribution in [0.25, 0.3) is 0 Å². The van der Waals surface area contributed by atoms with Gasteiger partial charge in [0.05, 0.1) is 35.9 Å². The van der Waals surface area contributed by atoms with E-state index in [1.165, 1.54) is 13.3 Å². The maximum atomic E-state index is 12.1. The largest absolute Gasteiger partial charge is 0.494 e. The Morgan fingerprint density at radius 2 is 2.22 bits per heavy atom. The summed E-state index contributed by atoms with van der Waals surface area (Å²) in [4.78, 5) is 16.0. The molecular formula is C12H14N4O2. The Balaban J connectivity index is 2.28. The molecule has 0 fully saturated rings. The monoisotopic (exact) mass is 246 g/mol. The number of carbonyl (C=O) groups is 1. The zero-order valence-electron chi connectivity index (χ0n) is 10.4. The second kappa shape index (κ2) is 4.87. The number of hydrogen-bond donors (Lipinski definition) is 2. The second-order valence-corrected chi connectivity index (χ2v) is 3.84. The molecule has 2 aromatic heterocycles. The average Bonchev–Trinajstić information content (AvgIpc) is 2.70. The van der Waals surface area contributed by atoms with Crippen LogP contribution in [0, 0.1) is 13.8 Å². The van der Waals surface area contributed by atoms with Crippen LogP contribution in [0.5, 0.6) is 5.75 Å². The number of ether oxygens (including phenoxy) is 1. The number of methoxy groups -OCH3 is 1. The topological polar surface area (TPSA) is 79.9 Å². The summed E-state index contributed by atoms with van der Waals surface area (Å²) in [6.45, 7) is 3.67. The van der Waals surface area contributed by atoms with E-state index in [9.17, 15) is 4.79 Å². The second-order valence-electron chi connectivity index (χ2n) is 3.84. The minimum atomic E-state index is -0.248. The Labute approximate surface area is 104 Å². The van der Waals surface area contributed by atoms with Crippen molar-refractivity contribution in [2.45, 2.75) is 13.8 Å². The van der Waals surface area contributed by atoms with Gasteiger partial charge in [0.15, 0.2) is 0 Å². The number of aromatic nitrogens is 3. The summed E-state index contributed by atoms with van der Waals surface area (Å²) in [5, 5.41) is 9.65. The smallest absolute Gasteiger partial charge is 0.259 e. The van der Waals surface area contributed by atoms with Crippen LogP contribution >= 0.6 is 0 Å². The molecule has 2 heterocycles. The fraction of sp³-hybridized carbons (Fsp3) is 0.250. The quantitative estimate of drug-likeness (QED) is 0.863. The number of nitrogens with zero attached hydrogens (tertiary/aromatic N) is 2. The highest BCUT2D eigenvalue weighted by Gasteiger charge is 2.15. The zero-order valence-corrected chi connectivity index (χ0v) is 10.4. The lowest BCUT2D eigenvalue weighted by molar-refractivity contribution is 0.102. The lowest BCUT2D eigenvalue weighted by atomic mass is 10.2. The van der Waals surface area contributed by atoms with Gasteiger partial charge < -0.3 is 10.1 Å². The van der Waals surface area contributed by atoms with E-state index in [0.717, 1.165) is 11.4 Å². The third-order valence-corrected chi connectivity index (χ3v) is 2.62. The number of hydrogen-bond acceptors (Lipinski definition) is 4. The summed E-state index contributed by atoms with van der Waals surface area (Å²) in [7, 11) is 1.50. The molecule has 0 aliphatic carbocycles. The average molecular weight is 246 g/mol. The standard InChI is InChI=1S/C12H14N4O2/c1-7-11(8(2)16-15-7)14-12(17)9-4-5-13-6-10(9)18-3/h4-6H,1-3H3,(H,14,17)(H,15,16). The van der Waals surface area contributed by atoms with Crippen LogP contribution in [0.4, 0.5) is 5.69 Å². The van der Waals surface area contributed by atoms with Crippen LogP contribution in [-0.4, -0.2) is 28.2 Å². The molecule has 0 spiro atoms. The predicted molar refractivity (Wildman–Crippen MR) is 66.8 cm³/mol. The SMILES string of the molecule is COc1cnccc1C(=O)Nc1c(C)n[nH]c1C. The van der Waals surface area contributed by atoms with Crippen molar-refractivity contribution in [1.29, 1.82) is 0 Å². The minimum Gasteiger partial charge on any atom is -0.494 e. The third-order valence-electron chi connectivity index (χ3n) is 2.62. The molecule has 0 radical (unpaired) electrons. The molecule has 2 N–H and O–H groups in total. The van der Waals surface area contributed by atoms with Crippen molar-refractivity contribution in [3.63, 3.8) is 0 Å². The number of H-pyrrole nitrogens is 1. The molecule has 0 unspecified atom stereocenters. The van der Waals surface area contributed by atoms with Gasteiger partial charge in [-0.2, -0.15) is 5.10 Å². The molecule has 94 valence electrons. The summed E-state index contributed by atoms with van der Waals surface area (Å²) >= 11 is 0. The number of anilines is 1. The van der Waals surface area contributed by atoms with Crippen LogP contribution in [0.1, 0.15) is 21.7 Å². The molecule has 2 aromatic rings. The number of amides is 1. The number of pyridine rings is 1. The fourth-order valence-corrected chi connectivity index (χ4v) is 1.65. The Morgan fingerprint density at radius 1 is 1.44 bits per heavy atom. The van der Waals surface area contributed by atoms with Gasteiger partial charge in [-0.3, -0.25) is 14.9 Å². The third kappa shape index (κ3) is 2.17. The highest BCUT2D eigenvalue weighted by molar-refractivity contribution is 6.06. The highest BCUT2D eigenvalue weighted by atomic mass is 16.5. The summed E-state index contributed by atoms with van der Waals surface area (Å²) < 4.78 is 5.10. The number of carbonyl (C=O) groups excluding carboxylic acids is 1. The number of aromatic amines is 1. The molecular weight excluding hydrogens is 232 g/mol. The van der Waals surface area contributed by atoms with Crippen molar-refractivity contribution in [1.82, 2.24) is 15.2 Å². The van der Waals surface area contributed by atoms with Crippen molar-refractivity contribution in [2.75, 3.05) is 12.4 Å². The number of aryl methyl sites for hydroxylation is 2. The lowest BCUT2D eigenvalue weighted by Gasteiger charge is -2.08. The van der Waals surface area contributed by atoms with Crippen molar-refractivity contribution < 1.29 is 9.53 Å². The molecule has 0 saturated carbocycles. The minimum absolute atomic E-state index is 0.248. The molecule has 6 nitrogen and oxygen atoms in total. The van der Waals surface area contributed by atoms with Gasteiger partial charge in [-0.05, 0) is 19.9 Å². The first-order valence-electron chi connectivity index (χ1n) is 5.44. The van der Waals surface area contributed by atoms with Gasteiger partial charge in [0, 0.05) is 6.20 Å². The highest BCUT2D eigenvalue weighted by Crippen LogP contribution is 2.20. The molecule has 6 heteroatoms. The zero-order chi connectivity index (χ0) is 13.1. The van der Waals surface area contributed by atoms with Crippen LogP contribution in [0.2, 0.25) is 0 Å². The van der Waals surface area contributed by atoms with Crippen LogP contribution in [-0.2, 0) is 0 Å². The summed E-state index contributed by atoms with van der Waals surface area (Å²) in [5.74, 6) is 0.190. The number of nitrogens with one attached hydrogen (secondary N) is 2. The van der Waals surface area contributed by atoms with Gasteiger partial charge in [-0.1, -0.05) is 0 Å². The lowest BCUT2D eigenvalue weighted by Crippen LogP contribution is -2.14. The summed E-state index contributed by atoms with van der Waals surface area (Å²) in [6, 6.07) is 1.61. The summed E-state index contributed by atoms with van der Waals surface area (Å²) in [5.41, 5.74) is 2.69. The van der Waals surface area contributed by atoms with Crippen molar-refractivity contribution in [2.24, 2.45) is 0 Å². The van der Waals surface area contributed by atoms with Gasteiger partial charge in [0.1, 0.15) is 5.75 Å². The van der Waals surface area contributed by atoms with Gasteiger partial charge in [-0.25, -0.2) is 0 Å².